The van der Waals surface area contributed by atoms with Gasteiger partial charge < -0.3 is 4.72 Å². The second-order valence-electron chi connectivity index (χ2n) is 3.90. The first-order chi connectivity index (χ1) is 9.33. The summed E-state index contributed by atoms with van der Waals surface area (Å²) in [7, 11) is 0. The third-order valence-corrected chi connectivity index (χ3v) is 3.59. The largest absolute Gasteiger partial charge is 0.322 e. The van der Waals surface area contributed by atoms with Crippen LogP contribution in [0.5, 0.6) is 0 Å². The quantitative estimate of drug-likeness (QED) is 0.725. The Kier molecular flexibility index (Phi) is 3.53. The molecule has 0 spiro atoms. The number of pyridine rings is 2. The minimum atomic E-state index is 0.635. The topological polar surface area (TPSA) is 37.8 Å². The van der Waals surface area contributed by atoms with Gasteiger partial charge >= 0.3 is 0 Å². The van der Waals surface area contributed by atoms with E-state index in [1.54, 1.807) is 12.4 Å². The fourth-order valence-electron chi connectivity index (χ4n) is 1.72. The number of para-hydroxylation sites is 1. The summed E-state index contributed by atoms with van der Waals surface area (Å²) in [5.74, 6) is 0. The van der Waals surface area contributed by atoms with Crippen molar-refractivity contribution in [2.45, 2.75) is 5.03 Å². The molecule has 0 aliphatic rings. The van der Waals surface area contributed by atoms with E-state index in [-0.39, 0.29) is 0 Å². The van der Waals surface area contributed by atoms with Crippen LogP contribution in [0, 0.1) is 0 Å². The highest BCUT2D eigenvalue weighted by Crippen LogP contribution is 2.26. The summed E-state index contributed by atoms with van der Waals surface area (Å²) in [6.07, 6.45) is 3.42. The highest BCUT2D eigenvalue weighted by molar-refractivity contribution is 8.00. The molecule has 3 rings (SSSR count). The maximum atomic E-state index is 5.80. The Morgan fingerprint density at radius 2 is 1.89 bits per heavy atom. The Morgan fingerprint density at radius 3 is 2.74 bits per heavy atom. The molecule has 0 saturated heterocycles. The number of aromatic nitrogens is 2. The van der Waals surface area contributed by atoms with Crippen molar-refractivity contribution in [1.29, 1.82) is 0 Å². The standard InChI is InChI=1S/C14H10ClN3S/c15-11-6-7-13(17-9-11)19-18-12-5-1-3-10-4-2-8-16-14(10)12/h1-9,18H. The molecular weight excluding hydrogens is 278 g/mol. The fourth-order valence-corrected chi connectivity index (χ4v) is 2.45. The highest BCUT2D eigenvalue weighted by atomic mass is 35.5. The molecular formula is C14H10ClN3S. The van der Waals surface area contributed by atoms with E-state index in [2.05, 4.69) is 14.7 Å². The van der Waals surface area contributed by atoms with Crippen LogP contribution in [0.1, 0.15) is 0 Å². The normalized spacial score (nSPS) is 10.6. The number of rotatable bonds is 3. The van der Waals surface area contributed by atoms with Gasteiger partial charge in [-0.25, -0.2) is 4.98 Å². The maximum absolute atomic E-state index is 5.80. The molecule has 1 aromatic carbocycles. The molecule has 19 heavy (non-hydrogen) atoms. The minimum absolute atomic E-state index is 0.635. The second kappa shape index (κ2) is 5.47. The van der Waals surface area contributed by atoms with Crippen LogP contribution in [0.4, 0.5) is 5.69 Å². The predicted molar refractivity (Wildman–Crippen MR) is 80.5 cm³/mol. The van der Waals surface area contributed by atoms with Gasteiger partial charge in [0.15, 0.2) is 0 Å². The van der Waals surface area contributed by atoms with Crippen molar-refractivity contribution >= 4 is 40.1 Å². The zero-order valence-electron chi connectivity index (χ0n) is 9.88. The summed E-state index contributed by atoms with van der Waals surface area (Å²) in [4.78, 5) is 8.61. The summed E-state index contributed by atoms with van der Waals surface area (Å²) < 4.78 is 3.27. The summed E-state index contributed by atoms with van der Waals surface area (Å²) in [6.45, 7) is 0. The number of hydrogen-bond acceptors (Lipinski definition) is 4. The van der Waals surface area contributed by atoms with Gasteiger partial charge in [-0.05, 0) is 24.3 Å². The molecule has 0 radical (unpaired) electrons. The van der Waals surface area contributed by atoms with Crippen molar-refractivity contribution in [2.24, 2.45) is 0 Å². The van der Waals surface area contributed by atoms with E-state index >= 15 is 0 Å². The van der Waals surface area contributed by atoms with E-state index in [9.17, 15) is 0 Å². The van der Waals surface area contributed by atoms with Crippen molar-refractivity contribution in [2.75, 3.05) is 4.72 Å². The van der Waals surface area contributed by atoms with E-state index in [0.29, 0.717) is 5.02 Å². The van der Waals surface area contributed by atoms with E-state index in [4.69, 9.17) is 11.6 Å². The molecule has 94 valence electrons. The Balaban J connectivity index is 1.84. The lowest BCUT2D eigenvalue weighted by Gasteiger charge is -2.07. The number of anilines is 1. The molecule has 0 aliphatic carbocycles. The summed E-state index contributed by atoms with van der Waals surface area (Å²) >= 11 is 7.24. The molecule has 0 fully saturated rings. The van der Waals surface area contributed by atoms with Gasteiger partial charge in [0.25, 0.3) is 0 Å². The molecule has 3 aromatic rings. The van der Waals surface area contributed by atoms with Crippen LogP contribution in [0.3, 0.4) is 0 Å². The summed E-state index contributed by atoms with van der Waals surface area (Å²) in [5.41, 5.74) is 1.92. The van der Waals surface area contributed by atoms with E-state index in [1.165, 1.54) is 11.9 Å². The Morgan fingerprint density at radius 1 is 1.00 bits per heavy atom. The van der Waals surface area contributed by atoms with Crippen molar-refractivity contribution in [3.8, 4) is 0 Å². The monoisotopic (exact) mass is 287 g/mol. The van der Waals surface area contributed by atoms with Crippen LogP contribution in [-0.4, -0.2) is 9.97 Å². The van der Waals surface area contributed by atoms with Crippen LogP contribution in [-0.2, 0) is 0 Å². The number of nitrogens with one attached hydrogen (secondary N) is 1. The first kappa shape index (κ1) is 12.3. The molecule has 2 aromatic heterocycles. The van der Waals surface area contributed by atoms with Crippen LogP contribution in [0.2, 0.25) is 5.02 Å². The number of halogens is 1. The summed E-state index contributed by atoms with van der Waals surface area (Å²) in [5, 5.41) is 2.60. The molecule has 1 N–H and O–H groups in total. The van der Waals surface area contributed by atoms with Crippen molar-refractivity contribution in [3.63, 3.8) is 0 Å². The molecule has 0 saturated carbocycles. The van der Waals surface area contributed by atoms with Gasteiger partial charge in [-0.1, -0.05) is 29.8 Å². The van der Waals surface area contributed by atoms with Crippen LogP contribution >= 0.6 is 23.5 Å². The van der Waals surface area contributed by atoms with Crippen molar-refractivity contribution in [3.05, 3.63) is 59.9 Å². The SMILES string of the molecule is Clc1ccc(SNc2cccc3cccnc23)nc1. The fraction of sp³-hybridized carbons (Fsp3) is 0. The number of nitrogens with zero attached hydrogens (tertiary/aromatic N) is 2. The second-order valence-corrected chi connectivity index (χ2v) is 5.16. The van der Waals surface area contributed by atoms with Crippen LogP contribution in [0.15, 0.2) is 59.9 Å². The van der Waals surface area contributed by atoms with Gasteiger partial charge in [0.2, 0.25) is 0 Å². The lowest BCUT2D eigenvalue weighted by molar-refractivity contribution is 1.14. The maximum Gasteiger partial charge on any atom is 0.117 e. The molecule has 0 bridgehead atoms. The molecule has 0 unspecified atom stereocenters. The number of hydrogen-bond donors (Lipinski definition) is 1. The molecule has 3 nitrogen and oxygen atoms in total. The van der Waals surface area contributed by atoms with Crippen molar-refractivity contribution in [1.82, 2.24) is 9.97 Å². The van der Waals surface area contributed by atoms with Gasteiger partial charge in [0.1, 0.15) is 5.03 Å². The lowest BCUT2D eigenvalue weighted by Crippen LogP contribution is -1.91. The first-order valence-corrected chi connectivity index (χ1v) is 6.90. The number of benzene rings is 1. The van der Waals surface area contributed by atoms with Gasteiger partial charge in [-0.15, -0.1) is 0 Å². The third kappa shape index (κ3) is 2.80. The van der Waals surface area contributed by atoms with Gasteiger partial charge in [-0.2, -0.15) is 0 Å². The van der Waals surface area contributed by atoms with Gasteiger partial charge in [0.05, 0.1) is 16.2 Å². The van der Waals surface area contributed by atoms with Gasteiger partial charge in [0, 0.05) is 29.7 Å². The van der Waals surface area contributed by atoms with E-state index < -0.39 is 0 Å². The van der Waals surface area contributed by atoms with Crippen LogP contribution in [0.25, 0.3) is 10.9 Å². The summed E-state index contributed by atoms with van der Waals surface area (Å²) in [6, 6.07) is 13.7. The molecule has 0 aliphatic heterocycles. The predicted octanol–water partition coefficient (Wildman–Crippen LogP) is 4.40. The molecule has 5 heteroatoms. The van der Waals surface area contributed by atoms with Gasteiger partial charge in [-0.3, -0.25) is 4.98 Å². The average Bonchev–Trinajstić information content (AvgIpc) is 2.47. The molecule has 0 atom stereocenters. The van der Waals surface area contributed by atoms with Crippen LogP contribution < -0.4 is 4.72 Å². The molecule has 0 amide bonds. The van der Waals surface area contributed by atoms with E-state index in [1.807, 2.05) is 42.5 Å². The zero-order chi connectivity index (χ0) is 13.1. The Labute approximate surface area is 120 Å². The highest BCUT2D eigenvalue weighted by Gasteiger charge is 2.02. The number of fused-ring (bicyclic) bond motifs is 1. The zero-order valence-corrected chi connectivity index (χ0v) is 11.4. The van der Waals surface area contributed by atoms with E-state index in [0.717, 1.165) is 21.6 Å². The first-order valence-electron chi connectivity index (χ1n) is 5.71. The smallest absolute Gasteiger partial charge is 0.117 e. The average molecular weight is 288 g/mol. The Bertz CT molecular complexity index is 695. The van der Waals surface area contributed by atoms with Crippen molar-refractivity contribution < 1.29 is 0 Å². The molecule has 2 heterocycles. The third-order valence-electron chi connectivity index (χ3n) is 2.60. The minimum Gasteiger partial charge on any atom is -0.322 e. The lowest BCUT2D eigenvalue weighted by atomic mass is 10.2. The Hall–Kier alpha value is -1.78.